The number of nitrogens with zero attached hydrogens (tertiary/aromatic N) is 2. The van der Waals surface area contributed by atoms with Crippen LogP contribution in [0, 0.1) is 11.3 Å². The monoisotopic (exact) mass is 263 g/mol. The predicted octanol–water partition coefficient (Wildman–Crippen LogP) is 1.85. The first-order valence-electron chi connectivity index (χ1n) is 4.24. The normalized spacial score (nSPS) is 12.1. The van der Waals surface area contributed by atoms with Gasteiger partial charge < -0.3 is 5.32 Å². The molecule has 0 aliphatic heterocycles. The van der Waals surface area contributed by atoms with Crippen LogP contribution in [-0.4, -0.2) is 27.7 Å². The molecular formula is C8H10ClN3OS2. The third kappa shape index (κ3) is 4.16. The van der Waals surface area contributed by atoms with Gasteiger partial charge in [-0.15, -0.1) is 0 Å². The molecule has 0 radical (unpaired) electrons. The summed E-state index contributed by atoms with van der Waals surface area (Å²) in [5.74, 6) is 0.664. The van der Waals surface area contributed by atoms with Crippen molar-refractivity contribution in [1.82, 2.24) is 4.98 Å². The van der Waals surface area contributed by atoms with Crippen molar-refractivity contribution in [3.05, 3.63) is 10.0 Å². The molecule has 0 aliphatic carbocycles. The summed E-state index contributed by atoms with van der Waals surface area (Å²) in [7, 11) is -0.760. The molecule has 0 saturated carbocycles. The number of hydrogen-bond donors (Lipinski definition) is 1. The number of nitrogens with one attached hydrogen (secondary N) is 1. The molecule has 0 saturated heterocycles. The van der Waals surface area contributed by atoms with Gasteiger partial charge in [-0.2, -0.15) is 5.26 Å². The predicted molar refractivity (Wildman–Crippen MR) is 63.9 cm³/mol. The van der Waals surface area contributed by atoms with Gasteiger partial charge in [0.05, 0.1) is 0 Å². The van der Waals surface area contributed by atoms with Crippen LogP contribution in [0.15, 0.2) is 0 Å². The summed E-state index contributed by atoms with van der Waals surface area (Å²) in [6.07, 6.45) is 2.48. The molecule has 0 aliphatic rings. The molecule has 1 unspecified atom stereocenters. The SMILES string of the molecule is CS(=O)CCCNc1nc(Cl)c(C#N)s1. The van der Waals surface area contributed by atoms with Crippen molar-refractivity contribution in [2.45, 2.75) is 6.42 Å². The lowest BCUT2D eigenvalue weighted by Gasteiger charge is -1.99. The smallest absolute Gasteiger partial charge is 0.185 e. The van der Waals surface area contributed by atoms with Gasteiger partial charge in [0.15, 0.2) is 10.3 Å². The Bertz CT molecular complexity index is 399. The summed E-state index contributed by atoms with van der Waals surface area (Å²) in [4.78, 5) is 4.39. The fourth-order valence-corrected chi connectivity index (χ4v) is 2.44. The van der Waals surface area contributed by atoms with Crippen LogP contribution in [0.2, 0.25) is 5.15 Å². The zero-order valence-corrected chi connectivity index (χ0v) is 10.5. The Kier molecular flexibility index (Phi) is 5.02. The molecule has 1 aromatic heterocycles. The minimum absolute atomic E-state index is 0.240. The first kappa shape index (κ1) is 12.4. The van der Waals surface area contributed by atoms with E-state index in [9.17, 15) is 4.21 Å². The van der Waals surface area contributed by atoms with Crippen molar-refractivity contribution in [2.24, 2.45) is 0 Å². The lowest BCUT2D eigenvalue weighted by Crippen LogP contribution is -2.05. The fourth-order valence-electron chi connectivity index (χ4n) is 0.917. The van der Waals surface area contributed by atoms with Gasteiger partial charge in [0.25, 0.3) is 0 Å². The molecule has 1 N–H and O–H groups in total. The number of rotatable bonds is 5. The number of nitriles is 1. The number of aromatic nitrogens is 1. The van der Waals surface area contributed by atoms with Crippen molar-refractivity contribution in [3.63, 3.8) is 0 Å². The van der Waals surface area contributed by atoms with Crippen LogP contribution >= 0.6 is 22.9 Å². The summed E-state index contributed by atoms with van der Waals surface area (Å²) in [6, 6.07) is 1.96. The van der Waals surface area contributed by atoms with Crippen molar-refractivity contribution < 1.29 is 4.21 Å². The van der Waals surface area contributed by atoms with E-state index < -0.39 is 10.8 Å². The Balaban J connectivity index is 2.38. The second-order valence-corrected chi connectivity index (χ2v) is 5.72. The van der Waals surface area contributed by atoms with Crippen LogP contribution in [0.3, 0.4) is 0 Å². The third-order valence-corrected chi connectivity index (χ3v) is 3.74. The number of halogens is 1. The molecule has 82 valence electrons. The molecule has 4 nitrogen and oxygen atoms in total. The zero-order valence-electron chi connectivity index (χ0n) is 8.12. The van der Waals surface area contributed by atoms with Crippen LogP contribution in [0.5, 0.6) is 0 Å². The van der Waals surface area contributed by atoms with E-state index in [1.807, 2.05) is 6.07 Å². The van der Waals surface area contributed by atoms with Crippen molar-refractivity contribution in [1.29, 1.82) is 5.26 Å². The maximum Gasteiger partial charge on any atom is 0.185 e. The van der Waals surface area contributed by atoms with Gasteiger partial charge in [-0.25, -0.2) is 4.98 Å². The highest BCUT2D eigenvalue weighted by Gasteiger charge is 2.07. The van der Waals surface area contributed by atoms with E-state index in [4.69, 9.17) is 16.9 Å². The summed E-state index contributed by atoms with van der Waals surface area (Å²) >= 11 is 6.92. The highest BCUT2D eigenvalue weighted by molar-refractivity contribution is 7.84. The van der Waals surface area contributed by atoms with Gasteiger partial charge in [0.1, 0.15) is 10.9 Å². The second-order valence-electron chi connectivity index (χ2n) is 2.81. The Morgan fingerprint density at radius 1 is 1.73 bits per heavy atom. The minimum Gasteiger partial charge on any atom is -0.361 e. The number of thiazole rings is 1. The van der Waals surface area contributed by atoms with Gasteiger partial charge in [0, 0.05) is 29.4 Å². The largest absolute Gasteiger partial charge is 0.361 e. The molecule has 0 spiro atoms. The van der Waals surface area contributed by atoms with Crippen LogP contribution < -0.4 is 5.32 Å². The summed E-state index contributed by atoms with van der Waals surface area (Å²) < 4.78 is 10.8. The van der Waals surface area contributed by atoms with E-state index >= 15 is 0 Å². The van der Waals surface area contributed by atoms with E-state index in [-0.39, 0.29) is 5.15 Å². The lowest BCUT2D eigenvalue weighted by atomic mass is 10.5. The molecule has 1 aromatic rings. The average molecular weight is 264 g/mol. The zero-order chi connectivity index (χ0) is 11.3. The Labute approximate surface area is 99.7 Å². The van der Waals surface area contributed by atoms with E-state index in [1.54, 1.807) is 6.26 Å². The molecule has 0 bridgehead atoms. The fraction of sp³-hybridized carbons (Fsp3) is 0.500. The van der Waals surface area contributed by atoms with Gasteiger partial charge in [0.2, 0.25) is 0 Å². The van der Waals surface area contributed by atoms with E-state index in [0.29, 0.717) is 22.3 Å². The average Bonchev–Trinajstić information content (AvgIpc) is 2.53. The van der Waals surface area contributed by atoms with Gasteiger partial charge in [-0.05, 0) is 6.42 Å². The standard InChI is InChI=1S/C8H10ClN3OS2/c1-15(13)4-2-3-11-8-12-7(9)6(5-10)14-8/h2-4H2,1H3,(H,11,12). The van der Waals surface area contributed by atoms with Crippen molar-refractivity contribution >= 4 is 38.9 Å². The minimum atomic E-state index is -0.760. The van der Waals surface area contributed by atoms with Gasteiger partial charge in [-0.3, -0.25) is 4.21 Å². The molecule has 0 aromatic carbocycles. The molecule has 0 amide bonds. The van der Waals surface area contributed by atoms with Crippen LogP contribution in [-0.2, 0) is 10.8 Å². The summed E-state index contributed by atoms with van der Waals surface area (Å²) in [5.41, 5.74) is 0. The van der Waals surface area contributed by atoms with Crippen molar-refractivity contribution in [2.75, 3.05) is 23.9 Å². The van der Waals surface area contributed by atoms with Gasteiger partial charge in [-0.1, -0.05) is 22.9 Å². The summed E-state index contributed by atoms with van der Waals surface area (Å²) in [5, 5.41) is 12.6. The van der Waals surface area contributed by atoms with E-state index in [1.165, 1.54) is 11.3 Å². The number of hydrogen-bond acceptors (Lipinski definition) is 5. The molecule has 1 heterocycles. The molecule has 1 atom stereocenters. The van der Waals surface area contributed by atoms with Crippen molar-refractivity contribution in [3.8, 4) is 6.07 Å². The Hall–Kier alpha value is -0.640. The lowest BCUT2D eigenvalue weighted by molar-refractivity contribution is 0.685. The topological polar surface area (TPSA) is 65.8 Å². The van der Waals surface area contributed by atoms with Crippen LogP contribution in [0.25, 0.3) is 0 Å². The van der Waals surface area contributed by atoms with E-state index in [0.717, 1.165) is 6.42 Å². The molecule has 1 rings (SSSR count). The highest BCUT2D eigenvalue weighted by atomic mass is 35.5. The molecule has 7 heteroatoms. The Morgan fingerprint density at radius 3 is 3.00 bits per heavy atom. The highest BCUT2D eigenvalue weighted by Crippen LogP contribution is 2.25. The van der Waals surface area contributed by atoms with Crippen LogP contribution in [0.4, 0.5) is 5.13 Å². The molecule has 0 fully saturated rings. The maximum absolute atomic E-state index is 10.8. The first-order chi connectivity index (χ1) is 7.13. The summed E-state index contributed by atoms with van der Waals surface area (Å²) in [6.45, 7) is 0.689. The third-order valence-electron chi connectivity index (χ3n) is 1.57. The van der Waals surface area contributed by atoms with E-state index in [2.05, 4.69) is 10.3 Å². The molecule has 15 heavy (non-hydrogen) atoms. The van der Waals surface area contributed by atoms with Crippen LogP contribution in [0.1, 0.15) is 11.3 Å². The molecular weight excluding hydrogens is 254 g/mol. The van der Waals surface area contributed by atoms with Gasteiger partial charge >= 0.3 is 0 Å². The quantitative estimate of drug-likeness (QED) is 0.824. The Morgan fingerprint density at radius 2 is 2.47 bits per heavy atom. The second kappa shape index (κ2) is 6.05. The first-order valence-corrected chi connectivity index (χ1v) is 7.16. The maximum atomic E-state index is 10.8. The number of anilines is 1.